The summed E-state index contributed by atoms with van der Waals surface area (Å²) in [5, 5.41) is 18.3. The summed E-state index contributed by atoms with van der Waals surface area (Å²) in [6.45, 7) is 3.16. The number of nitrogens with zero attached hydrogens (tertiary/aromatic N) is 1. The number of carbonyl (C=O) groups is 3. The van der Waals surface area contributed by atoms with Gasteiger partial charge in [-0.05, 0) is 59.8 Å². The fourth-order valence-electron chi connectivity index (χ4n) is 4.36. The highest BCUT2D eigenvalue weighted by atomic mass is 32.1. The van der Waals surface area contributed by atoms with Crippen LogP contribution < -0.4 is 21.1 Å². The van der Waals surface area contributed by atoms with E-state index in [1.807, 2.05) is 24.4 Å². The lowest BCUT2D eigenvalue weighted by Gasteiger charge is -2.17. The molecule has 4 heterocycles. The van der Waals surface area contributed by atoms with Gasteiger partial charge in [0.2, 0.25) is 0 Å². The molecule has 3 aromatic heterocycles. The van der Waals surface area contributed by atoms with Gasteiger partial charge in [0.15, 0.2) is 5.69 Å². The molecule has 11 heteroatoms. The van der Waals surface area contributed by atoms with Gasteiger partial charge < -0.3 is 26.2 Å². The minimum Gasteiger partial charge on any atom is -0.493 e. The Morgan fingerprint density at radius 3 is 2.67 bits per heavy atom. The molecule has 0 radical (unpaired) electrons. The van der Waals surface area contributed by atoms with E-state index in [2.05, 4.69) is 15.6 Å². The molecule has 1 aliphatic rings. The van der Waals surface area contributed by atoms with Gasteiger partial charge >= 0.3 is 5.97 Å². The van der Waals surface area contributed by atoms with Crippen LogP contribution >= 0.6 is 22.7 Å². The van der Waals surface area contributed by atoms with Gasteiger partial charge in [-0.3, -0.25) is 9.59 Å². The zero-order valence-corrected chi connectivity index (χ0v) is 22.7. The van der Waals surface area contributed by atoms with Crippen molar-refractivity contribution in [2.24, 2.45) is 5.73 Å². The number of ether oxygens (including phenoxy) is 1. The summed E-state index contributed by atoms with van der Waals surface area (Å²) in [6.07, 6.45) is 1.44. The molecule has 200 valence electrons. The Labute approximate surface area is 232 Å². The zero-order valence-electron chi connectivity index (χ0n) is 21.1. The van der Waals surface area contributed by atoms with Crippen LogP contribution in [0.3, 0.4) is 0 Å². The second kappa shape index (κ2) is 11.4. The van der Waals surface area contributed by atoms with Crippen LogP contribution in [0.5, 0.6) is 5.75 Å². The topological polar surface area (TPSA) is 144 Å². The van der Waals surface area contributed by atoms with Gasteiger partial charge in [-0.1, -0.05) is 6.92 Å². The minimum atomic E-state index is -1.32. The number of hydrogen-bond acceptors (Lipinski definition) is 8. The van der Waals surface area contributed by atoms with E-state index in [1.165, 1.54) is 23.5 Å². The van der Waals surface area contributed by atoms with Gasteiger partial charge in [-0.25, -0.2) is 9.78 Å². The number of nitrogens with two attached hydrogens (primary N) is 1. The third-order valence-electron chi connectivity index (χ3n) is 6.24. The fourth-order valence-corrected chi connectivity index (χ4v) is 6.11. The van der Waals surface area contributed by atoms with Crippen LogP contribution in [0.2, 0.25) is 0 Å². The number of fused-ring (bicyclic) bond motifs is 3. The van der Waals surface area contributed by atoms with Crippen molar-refractivity contribution in [3.8, 4) is 27.3 Å². The number of nitrogens with one attached hydrogen (secondary N) is 2. The minimum absolute atomic E-state index is 0.0160. The number of carboxylic acid groups (broad SMARTS) is 1. The van der Waals surface area contributed by atoms with Crippen molar-refractivity contribution < 1.29 is 24.2 Å². The molecule has 39 heavy (non-hydrogen) atoms. The summed E-state index contributed by atoms with van der Waals surface area (Å²) in [5.74, 6) is -1.65. The van der Waals surface area contributed by atoms with E-state index in [0.717, 1.165) is 27.3 Å². The maximum absolute atomic E-state index is 13.7. The molecular formula is C28H26N4O5S2. The van der Waals surface area contributed by atoms with Crippen molar-refractivity contribution in [2.45, 2.75) is 26.3 Å². The van der Waals surface area contributed by atoms with E-state index in [4.69, 9.17) is 10.5 Å². The highest BCUT2D eigenvalue weighted by Gasteiger charge is 2.26. The highest BCUT2D eigenvalue weighted by Crippen LogP contribution is 2.43. The Morgan fingerprint density at radius 2 is 1.92 bits per heavy atom. The molecule has 0 fully saturated rings. The summed E-state index contributed by atoms with van der Waals surface area (Å²) < 4.78 is 6.06. The highest BCUT2D eigenvalue weighted by molar-refractivity contribution is 7.16. The van der Waals surface area contributed by atoms with Crippen molar-refractivity contribution in [2.75, 3.05) is 18.5 Å². The maximum Gasteiger partial charge on any atom is 0.355 e. The molecule has 0 unspecified atom stereocenters. The molecule has 0 saturated carbocycles. The quantitative estimate of drug-likeness (QED) is 0.236. The Bertz CT molecular complexity index is 1580. The van der Waals surface area contributed by atoms with Gasteiger partial charge in [-0.15, -0.1) is 22.7 Å². The second-order valence-corrected chi connectivity index (χ2v) is 10.9. The van der Waals surface area contributed by atoms with Crippen LogP contribution in [0.1, 0.15) is 55.1 Å². The lowest BCUT2D eigenvalue weighted by molar-refractivity contribution is 0.0691. The van der Waals surface area contributed by atoms with Crippen LogP contribution in [0.15, 0.2) is 47.8 Å². The molecular weight excluding hydrogens is 536 g/mol. The molecule has 0 spiro atoms. The first-order chi connectivity index (χ1) is 18.9. The van der Waals surface area contributed by atoms with Gasteiger partial charge in [0, 0.05) is 51.5 Å². The van der Waals surface area contributed by atoms with Crippen LogP contribution in [0.4, 0.5) is 5.00 Å². The largest absolute Gasteiger partial charge is 0.493 e. The fraction of sp³-hybridized carbons (Fsp3) is 0.214. The number of thiophene rings is 2. The summed E-state index contributed by atoms with van der Waals surface area (Å²) in [7, 11) is 0. The van der Waals surface area contributed by atoms with Crippen LogP contribution in [0.25, 0.3) is 21.6 Å². The number of carbonyl (C=O) groups excluding carboxylic acids is 2. The molecule has 2 amide bonds. The molecule has 1 aliphatic heterocycles. The number of hydrogen-bond donors (Lipinski definition) is 4. The molecule has 5 rings (SSSR count). The van der Waals surface area contributed by atoms with Crippen LogP contribution in [0, 0.1) is 0 Å². The third kappa shape index (κ3) is 5.42. The van der Waals surface area contributed by atoms with Crippen molar-refractivity contribution in [1.29, 1.82) is 0 Å². The van der Waals surface area contributed by atoms with E-state index in [1.54, 1.807) is 29.5 Å². The van der Waals surface area contributed by atoms with Crippen LogP contribution in [-0.2, 0) is 13.0 Å². The number of rotatable bonds is 8. The average Bonchev–Trinajstić information content (AvgIpc) is 3.57. The molecule has 5 N–H and O–H groups in total. The van der Waals surface area contributed by atoms with Gasteiger partial charge in [0.1, 0.15) is 11.4 Å². The number of pyridine rings is 1. The van der Waals surface area contributed by atoms with Gasteiger partial charge in [0.25, 0.3) is 11.8 Å². The second-order valence-electron chi connectivity index (χ2n) is 8.85. The molecule has 0 bridgehead atoms. The number of carboxylic acids is 1. The van der Waals surface area contributed by atoms with Gasteiger partial charge in [-0.2, -0.15) is 0 Å². The molecule has 9 nitrogen and oxygen atoms in total. The lowest BCUT2D eigenvalue weighted by Crippen LogP contribution is -2.25. The predicted octanol–water partition coefficient (Wildman–Crippen LogP) is 5.02. The molecule has 1 aromatic carbocycles. The first-order valence-corrected chi connectivity index (χ1v) is 14.1. The predicted molar refractivity (Wildman–Crippen MR) is 152 cm³/mol. The van der Waals surface area contributed by atoms with Crippen molar-refractivity contribution in [3.63, 3.8) is 0 Å². The summed E-state index contributed by atoms with van der Waals surface area (Å²) in [6, 6.07) is 12.1. The number of aromatic nitrogens is 1. The Hall–Kier alpha value is -4.06. The molecule has 0 atom stereocenters. The third-order valence-corrected chi connectivity index (χ3v) is 8.25. The van der Waals surface area contributed by atoms with E-state index >= 15 is 0 Å². The van der Waals surface area contributed by atoms with Gasteiger partial charge in [0.05, 0.1) is 11.6 Å². The van der Waals surface area contributed by atoms with Crippen LogP contribution in [-0.4, -0.2) is 41.0 Å². The number of anilines is 1. The van der Waals surface area contributed by atoms with Crippen molar-refractivity contribution in [3.05, 3.63) is 75.2 Å². The van der Waals surface area contributed by atoms with E-state index in [-0.39, 0.29) is 22.5 Å². The molecule has 0 saturated heterocycles. The summed E-state index contributed by atoms with van der Waals surface area (Å²) in [5.41, 5.74) is 8.07. The van der Waals surface area contributed by atoms with E-state index in [9.17, 15) is 19.5 Å². The smallest absolute Gasteiger partial charge is 0.355 e. The van der Waals surface area contributed by atoms with E-state index < -0.39 is 17.8 Å². The Morgan fingerprint density at radius 1 is 1.08 bits per heavy atom. The standard InChI is InChI=1S/C28H26N4O5S2/c1-2-9-30-27(34)21-5-4-17(24(31-21)28(35)36)18-13-22-20(25-15(7-10-37-22)8-11-38-25)12-19(18)26(33)32-23-6-3-16(14-29)39-23/h3-6,8,11-13H,2,7,9-10,14,29H2,1H3,(H,30,34)(H,32,33)(H,35,36). The maximum atomic E-state index is 13.7. The Kier molecular flexibility index (Phi) is 7.73. The van der Waals surface area contributed by atoms with Crippen molar-refractivity contribution in [1.82, 2.24) is 10.3 Å². The average molecular weight is 563 g/mol. The number of benzene rings is 1. The molecule has 4 aromatic rings. The Balaban J connectivity index is 1.66. The lowest BCUT2D eigenvalue weighted by atomic mass is 9.93. The zero-order chi connectivity index (χ0) is 27.5. The SMILES string of the molecule is CCCNC(=O)c1ccc(-c2cc3c(cc2C(=O)Nc2ccc(CN)s2)-c2sccc2CCO3)c(C(=O)O)n1. The monoisotopic (exact) mass is 562 g/mol. The summed E-state index contributed by atoms with van der Waals surface area (Å²) >= 11 is 2.93. The van der Waals surface area contributed by atoms with E-state index in [0.29, 0.717) is 42.4 Å². The van der Waals surface area contributed by atoms with Crippen molar-refractivity contribution >= 4 is 45.5 Å². The first kappa shape index (κ1) is 26.5. The molecule has 0 aliphatic carbocycles. The summed E-state index contributed by atoms with van der Waals surface area (Å²) in [4.78, 5) is 44.6. The number of aromatic carboxylic acids is 1. The number of amides is 2. The first-order valence-electron chi connectivity index (χ1n) is 12.4. The normalized spacial score (nSPS) is 12.1.